The lowest BCUT2D eigenvalue weighted by molar-refractivity contribution is -0.168. The van der Waals surface area contributed by atoms with Gasteiger partial charge in [-0.1, -0.05) is 13.8 Å². The highest BCUT2D eigenvalue weighted by molar-refractivity contribution is 5.93. The molecule has 1 amide bonds. The van der Waals surface area contributed by atoms with Crippen molar-refractivity contribution in [3.8, 4) is 0 Å². The molecular weight excluding hydrogens is 272 g/mol. The van der Waals surface area contributed by atoms with Crippen LogP contribution < -0.4 is 10.6 Å². The summed E-state index contributed by atoms with van der Waals surface area (Å²) in [4.78, 5) is 36.0. The van der Waals surface area contributed by atoms with Gasteiger partial charge in [0.2, 0.25) is 5.91 Å². The molecule has 0 aromatic rings. The minimum atomic E-state index is -0.814. The van der Waals surface area contributed by atoms with Crippen LogP contribution >= 0.6 is 0 Å². The van der Waals surface area contributed by atoms with Crippen molar-refractivity contribution in [2.45, 2.75) is 59.5 Å². The van der Waals surface area contributed by atoms with Crippen molar-refractivity contribution in [2.75, 3.05) is 6.54 Å². The zero-order chi connectivity index (χ0) is 16.2. The number of hydrogen-bond acceptors (Lipinski definition) is 5. The second-order valence-corrected chi connectivity index (χ2v) is 6.84. The van der Waals surface area contributed by atoms with Crippen molar-refractivity contribution in [1.82, 2.24) is 10.6 Å². The fourth-order valence-corrected chi connectivity index (χ4v) is 1.97. The smallest absolute Gasteiger partial charge is 0.336 e. The Morgan fingerprint density at radius 1 is 1.24 bits per heavy atom. The fourth-order valence-electron chi connectivity index (χ4n) is 1.97. The van der Waals surface area contributed by atoms with Crippen LogP contribution in [0, 0.1) is 11.3 Å². The van der Waals surface area contributed by atoms with Gasteiger partial charge in [0.25, 0.3) is 0 Å². The van der Waals surface area contributed by atoms with E-state index >= 15 is 0 Å². The van der Waals surface area contributed by atoms with Gasteiger partial charge in [0.1, 0.15) is 6.04 Å². The Kier molecular flexibility index (Phi) is 5.89. The minimum Gasteiger partial charge on any atom is -0.391 e. The van der Waals surface area contributed by atoms with Gasteiger partial charge >= 0.3 is 11.9 Å². The number of hydrogen-bond donors (Lipinski definition) is 2. The predicted molar refractivity (Wildman–Crippen MR) is 78.3 cm³/mol. The minimum absolute atomic E-state index is 0.157. The highest BCUT2D eigenvalue weighted by Crippen LogP contribution is 2.17. The zero-order valence-corrected chi connectivity index (χ0v) is 13.5. The Hall–Kier alpha value is -1.43. The van der Waals surface area contributed by atoms with E-state index in [-0.39, 0.29) is 17.9 Å². The van der Waals surface area contributed by atoms with Gasteiger partial charge in [-0.15, -0.1) is 0 Å². The van der Waals surface area contributed by atoms with Gasteiger partial charge in [-0.2, -0.15) is 0 Å². The lowest BCUT2D eigenvalue weighted by Crippen LogP contribution is -2.51. The Labute approximate surface area is 126 Å². The van der Waals surface area contributed by atoms with E-state index in [1.807, 2.05) is 0 Å². The summed E-state index contributed by atoms with van der Waals surface area (Å²) in [6.45, 7) is 9.43. The van der Waals surface area contributed by atoms with Gasteiger partial charge in [0.15, 0.2) is 0 Å². The Morgan fingerprint density at radius 2 is 1.86 bits per heavy atom. The number of carbonyl (C=O) groups excluding carboxylic acids is 3. The summed E-state index contributed by atoms with van der Waals surface area (Å²) in [5.74, 6) is -1.66. The molecule has 1 aliphatic rings. The fraction of sp³-hybridized carbons (Fsp3) is 0.800. The molecule has 0 aliphatic carbocycles. The third kappa shape index (κ3) is 5.12. The van der Waals surface area contributed by atoms with Gasteiger partial charge in [0, 0.05) is 0 Å². The summed E-state index contributed by atoms with van der Waals surface area (Å²) < 4.78 is 4.89. The maximum Gasteiger partial charge on any atom is 0.336 e. The summed E-state index contributed by atoms with van der Waals surface area (Å²) in [6, 6.07) is -1.08. The van der Waals surface area contributed by atoms with E-state index in [0.717, 1.165) is 19.4 Å². The van der Waals surface area contributed by atoms with Gasteiger partial charge in [-0.05, 0) is 46.1 Å². The van der Waals surface area contributed by atoms with Gasteiger partial charge in [-0.25, -0.2) is 4.79 Å². The molecule has 120 valence electrons. The summed E-state index contributed by atoms with van der Waals surface area (Å²) >= 11 is 0. The Balaban J connectivity index is 2.66. The van der Waals surface area contributed by atoms with Crippen LogP contribution in [0.5, 0.6) is 0 Å². The first-order valence-corrected chi connectivity index (χ1v) is 7.43. The average Bonchev–Trinajstić information content (AvgIpc) is 2.87. The van der Waals surface area contributed by atoms with Crippen molar-refractivity contribution in [2.24, 2.45) is 11.3 Å². The summed E-state index contributed by atoms with van der Waals surface area (Å²) in [7, 11) is 0. The average molecular weight is 298 g/mol. The SMILES string of the molecule is CC(C)[C@H](NC(=O)[C@@H]1CCCN1)C(=O)OC(=O)C(C)(C)C. The normalized spacial score (nSPS) is 20.2. The van der Waals surface area contributed by atoms with Crippen LogP contribution in [0.3, 0.4) is 0 Å². The second kappa shape index (κ2) is 7.02. The van der Waals surface area contributed by atoms with E-state index in [4.69, 9.17) is 4.74 Å². The molecule has 0 radical (unpaired) electrons. The van der Waals surface area contributed by atoms with Crippen LogP contribution in [-0.2, 0) is 19.1 Å². The molecule has 2 atom stereocenters. The number of nitrogens with one attached hydrogen (secondary N) is 2. The summed E-state index contributed by atoms with van der Waals surface area (Å²) in [5.41, 5.74) is -0.756. The molecule has 0 unspecified atom stereocenters. The molecule has 1 aliphatic heterocycles. The Morgan fingerprint density at radius 3 is 2.29 bits per heavy atom. The first kappa shape index (κ1) is 17.6. The molecule has 21 heavy (non-hydrogen) atoms. The van der Waals surface area contributed by atoms with Crippen molar-refractivity contribution in [1.29, 1.82) is 0 Å². The lowest BCUT2D eigenvalue weighted by Gasteiger charge is -2.24. The molecule has 1 fully saturated rings. The number of carbonyl (C=O) groups is 3. The summed E-state index contributed by atoms with van der Waals surface area (Å²) in [6.07, 6.45) is 1.70. The van der Waals surface area contributed by atoms with Gasteiger partial charge in [0.05, 0.1) is 11.5 Å². The molecule has 0 saturated carbocycles. The van der Waals surface area contributed by atoms with Crippen LogP contribution in [-0.4, -0.2) is 36.5 Å². The van der Waals surface area contributed by atoms with Crippen LogP contribution in [0.25, 0.3) is 0 Å². The Bertz CT molecular complexity index is 406. The van der Waals surface area contributed by atoms with Crippen molar-refractivity contribution < 1.29 is 19.1 Å². The molecule has 0 aromatic carbocycles. The topological polar surface area (TPSA) is 84.5 Å². The van der Waals surface area contributed by atoms with Gasteiger partial charge < -0.3 is 15.4 Å². The van der Waals surface area contributed by atoms with Crippen molar-refractivity contribution >= 4 is 17.8 Å². The van der Waals surface area contributed by atoms with E-state index in [1.165, 1.54) is 0 Å². The molecule has 6 nitrogen and oxygen atoms in total. The molecule has 2 N–H and O–H groups in total. The highest BCUT2D eigenvalue weighted by Gasteiger charge is 2.33. The van der Waals surface area contributed by atoms with E-state index in [0.29, 0.717) is 0 Å². The highest BCUT2D eigenvalue weighted by atomic mass is 16.6. The number of amides is 1. The van der Waals surface area contributed by atoms with Crippen LogP contribution in [0.15, 0.2) is 0 Å². The molecule has 1 rings (SSSR count). The molecule has 1 heterocycles. The quantitative estimate of drug-likeness (QED) is 0.597. The van der Waals surface area contributed by atoms with Gasteiger partial charge in [-0.3, -0.25) is 9.59 Å². The number of esters is 2. The molecule has 0 bridgehead atoms. The van der Waals surface area contributed by atoms with E-state index in [2.05, 4.69) is 10.6 Å². The molecule has 1 saturated heterocycles. The maximum absolute atomic E-state index is 12.1. The summed E-state index contributed by atoms with van der Waals surface area (Å²) in [5, 5.41) is 5.76. The zero-order valence-electron chi connectivity index (χ0n) is 13.5. The van der Waals surface area contributed by atoms with E-state index < -0.39 is 23.4 Å². The third-order valence-electron chi connectivity index (χ3n) is 3.40. The number of ether oxygens (including phenoxy) is 1. The lowest BCUT2D eigenvalue weighted by atomic mass is 9.97. The largest absolute Gasteiger partial charge is 0.391 e. The van der Waals surface area contributed by atoms with Crippen molar-refractivity contribution in [3.05, 3.63) is 0 Å². The van der Waals surface area contributed by atoms with Crippen LogP contribution in [0.2, 0.25) is 0 Å². The van der Waals surface area contributed by atoms with E-state index in [9.17, 15) is 14.4 Å². The standard InChI is InChI=1S/C15H26N2O4/c1-9(2)11(13(19)21-14(20)15(3,4)5)17-12(18)10-7-6-8-16-10/h9-11,16H,6-8H2,1-5H3,(H,17,18)/t10-,11-/m0/s1. The first-order valence-electron chi connectivity index (χ1n) is 7.43. The van der Waals surface area contributed by atoms with Crippen LogP contribution in [0.1, 0.15) is 47.5 Å². The molecule has 0 aromatic heterocycles. The number of rotatable bonds is 4. The monoisotopic (exact) mass is 298 g/mol. The predicted octanol–water partition coefficient (Wildman–Crippen LogP) is 0.995. The molecule has 0 spiro atoms. The first-order chi connectivity index (χ1) is 9.62. The van der Waals surface area contributed by atoms with Crippen molar-refractivity contribution in [3.63, 3.8) is 0 Å². The molecule has 6 heteroatoms. The van der Waals surface area contributed by atoms with Crippen LogP contribution in [0.4, 0.5) is 0 Å². The van der Waals surface area contributed by atoms with E-state index in [1.54, 1.807) is 34.6 Å². The third-order valence-corrected chi connectivity index (χ3v) is 3.40. The maximum atomic E-state index is 12.1. The molecular formula is C15H26N2O4. The second-order valence-electron chi connectivity index (χ2n) is 6.84.